The molecule has 0 atom stereocenters. The molecule has 0 aliphatic carbocycles. The Labute approximate surface area is 159 Å². The van der Waals surface area contributed by atoms with Crippen molar-refractivity contribution in [2.45, 2.75) is 24.8 Å². The Bertz CT molecular complexity index is 614. The third-order valence-corrected chi connectivity index (χ3v) is 4.18. The molecule has 0 saturated heterocycles. The number of hydrogen-bond donors (Lipinski definition) is 2. The van der Waals surface area contributed by atoms with E-state index in [0.717, 1.165) is 31.2 Å². The molecule has 126 valence electrons. The highest BCUT2D eigenvalue weighted by Crippen LogP contribution is 2.21. The third kappa shape index (κ3) is 6.47. The fourth-order valence-corrected chi connectivity index (χ4v) is 2.86. The van der Waals surface area contributed by atoms with Crippen LogP contribution in [0.1, 0.15) is 16.9 Å². The third-order valence-electron chi connectivity index (χ3n) is 3.36. The minimum atomic E-state index is 0. The normalized spacial score (nSPS) is 11.0. The van der Waals surface area contributed by atoms with Crippen LogP contribution in [0.2, 0.25) is 0 Å². The van der Waals surface area contributed by atoms with Gasteiger partial charge in [-0.2, -0.15) is 0 Å². The smallest absolute Gasteiger partial charge is 0.191 e. The van der Waals surface area contributed by atoms with Crippen molar-refractivity contribution in [2.24, 2.45) is 4.99 Å². The largest absolute Gasteiger partial charge is 0.469 e. The molecule has 2 N–H and O–H groups in total. The first kappa shape index (κ1) is 19.9. The molecule has 2 aromatic rings. The molecule has 2 rings (SSSR count). The van der Waals surface area contributed by atoms with Crippen molar-refractivity contribution in [1.29, 1.82) is 0 Å². The lowest BCUT2D eigenvalue weighted by Crippen LogP contribution is -2.37. The molecule has 0 radical (unpaired) electrons. The second kappa shape index (κ2) is 10.6. The van der Waals surface area contributed by atoms with Gasteiger partial charge in [0, 0.05) is 31.5 Å². The molecule has 1 aromatic carbocycles. The number of aliphatic imine (C=N–C) groups is 1. The molecule has 0 spiro atoms. The fourth-order valence-electron chi connectivity index (χ4n) is 2.16. The highest BCUT2D eigenvalue weighted by molar-refractivity contribution is 14.0. The maximum atomic E-state index is 5.32. The highest BCUT2D eigenvalue weighted by Gasteiger charge is 2.04. The Balaban J connectivity index is 0.00000264. The highest BCUT2D eigenvalue weighted by atomic mass is 127. The predicted molar refractivity (Wildman–Crippen MR) is 109 cm³/mol. The van der Waals surface area contributed by atoms with E-state index in [1.165, 1.54) is 16.0 Å². The van der Waals surface area contributed by atoms with Gasteiger partial charge in [-0.1, -0.05) is 12.1 Å². The lowest BCUT2D eigenvalue weighted by atomic mass is 10.1. The van der Waals surface area contributed by atoms with E-state index in [2.05, 4.69) is 47.0 Å². The van der Waals surface area contributed by atoms with Crippen molar-refractivity contribution in [3.8, 4) is 0 Å². The van der Waals surface area contributed by atoms with Gasteiger partial charge in [-0.15, -0.1) is 35.7 Å². The van der Waals surface area contributed by atoms with Crippen LogP contribution in [0.25, 0.3) is 0 Å². The topological polar surface area (TPSA) is 49.6 Å². The van der Waals surface area contributed by atoms with Crippen molar-refractivity contribution < 1.29 is 4.42 Å². The summed E-state index contributed by atoms with van der Waals surface area (Å²) in [6.07, 6.45) is 4.65. The van der Waals surface area contributed by atoms with E-state index in [1.807, 2.05) is 12.1 Å². The number of thioether (sulfide) groups is 1. The summed E-state index contributed by atoms with van der Waals surface area (Å²) in [6.45, 7) is 3.67. The van der Waals surface area contributed by atoms with Crippen LogP contribution < -0.4 is 10.6 Å². The van der Waals surface area contributed by atoms with E-state index in [1.54, 1.807) is 25.1 Å². The fraction of sp³-hybridized carbons (Fsp3) is 0.353. The number of benzene rings is 1. The Morgan fingerprint density at radius 3 is 2.74 bits per heavy atom. The Morgan fingerprint density at radius 2 is 2.09 bits per heavy atom. The number of furan rings is 1. The van der Waals surface area contributed by atoms with Gasteiger partial charge in [-0.25, -0.2) is 0 Å². The monoisotopic (exact) mass is 445 g/mol. The van der Waals surface area contributed by atoms with Crippen LogP contribution >= 0.6 is 35.7 Å². The minimum Gasteiger partial charge on any atom is -0.469 e. The summed E-state index contributed by atoms with van der Waals surface area (Å²) in [4.78, 5) is 5.56. The molecule has 0 aliphatic heterocycles. The van der Waals surface area contributed by atoms with Gasteiger partial charge in [0.05, 0.1) is 6.26 Å². The summed E-state index contributed by atoms with van der Waals surface area (Å²) in [5, 5.41) is 6.65. The predicted octanol–water partition coefficient (Wildman–Crippen LogP) is 3.84. The molecule has 0 unspecified atom stereocenters. The first-order valence-electron chi connectivity index (χ1n) is 7.33. The molecule has 4 nitrogen and oxygen atoms in total. The molecule has 0 saturated carbocycles. The maximum Gasteiger partial charge on any atom is 0.191 e. The standard InChI is InChI=1S/C17H23N3OS.HI/c1-13-6-7-14(16(11-13)22-3)12-20-17(18-2)19-9-8-15-5-4-10-21-15;/h4-7,10-11H,8-9,12H2,1-3H3,(H2,18,19,20);1H. The van der Waals surface area contributed by atoms with E-state index in [4.69, 9.17) is 4.42 Å². The number of nitrogens with zero attached hydrogens (tertiary/aromatic N) is 1. The van der Waals surface area contributed by atoms with Gasteiger partial charge in [0.2, 0.25) is 0 Å². The number of rotatable bonds is 6. The first-order valence-corrected chi connectivity index (χ1v) is 8.56. The van der Waals surface area contributed by atoms with E-state index < -0.39 is 0 Å². The average Bonchev–Trinajstić information content (AvgIpc) is 3.04. The van der Waals surface area contributed by atoms with Crippen LogP contribution in [-0.4, -0.2) is 25.8 Å². The van der Waals surface area contributed by atoms with Crippen LogP contribution in [0.3, 0.4) is 0 Å². The van der Waals surface area contributed by atoms with Crippen molar-refractivity contribution in [1.82, 2.24) is 10.6 Å². The number of guanidine groups is 1. The van der Waals surface area contributed by atoms with Crippen LogP contribution in [0, 0.1) is 6.92 Å². The second-order valence-corrected chi connectivity index (χ2v) is 5.85. The summed E-state index contributed by atoms with van der Waals surface area (Å²) >= 11 is 1.77. The van der Waals surface area contributed by atoms with E-state index in [9.17, 15) is 0 Å². The maximum absolute atomic E-state index is 5.32. The molecular weight excluding hydrogens is 421 g/mol. The van der Waals surface area contributed by atoms with E-state index >= 15 is 0 Å². The van der Waals surface area contributed by atoms with Crippen LogP contribution in [0.15, 0.2) is 50.9 Å². The lowest BCUT2D eigenvalue weighted by Gasteiger charge is -2.13. The lowest BCUT2D eigenvalue weighted by molar-refractivity contribution is 0.507. The molecule has 1 heterocycles. The SMILES string of the molecule is CN=C(NCCc1ccco1)NCc1ccc(C)cc1SC.I. The molecule has 0 amide bonds. The van der Waals surface area contributed by atoms with Crippen LogP contribution in [0.4, 0.5) is 0 Å². The zero-order valence-electron chi connectivity index (χ0n) is 13.8. The van der Waals surface area contributed by atoms with E-state index in [0.29, 0.717) is 0 Å². The molecule has 1 aromatic heterocycles. The second-order valence-electron chi connectivity index (χ2n) is 5.00. The molecule has 0 aliphatic rings. The van der Waals surface area contributed by atoms with Gasteiger partial charge in [-0.3, -0.25) is 4.99 Å². The molecular formula is C17H24IN3OS. The van der Waals surface area contributed by atoms with E-state index in [-0.39, 0.29) is 24.0 Å². The van der Waals surface area contributed by atoms with Gasteiger partial charge < -0.3 is 15.1 Å². The van der Waals surface area contributed by atoms with Crippen molar-refractivity contribution >= 4 is 41.7 Å². The van der Waals surface area contributed by atoms with Gasteiger partial charge in [-0.05, 0) is 42.5 Å². The van der Waals surface area contributed by atoms with Crippen molar-refractivity contribution in [3.05, 3.63) is 53.5 Å². The average molecular weight is 445 g/mol. The molecule has 0 bridgehead atoms. The van der Waals surface area contributed by atoms with Gasteiger partial charge in [0.25, 0.3) is 0 Å². The Kier molecular flexibility index (Phi) is 9.16. The zero-order chi connectivity index (χ0) is 15.8. The van der Waals surface area contributed by atoms with Gasteiger partial charge in [0.15, 0.2) is 5.96 Å². The summed E-state index contributed by atoms with van der Waals surface area (Å²) in [5.41, 5.74) is 2.57. The van der Waals surface area contributed by atoms with Gasteiger partial charge in [0.1, 0.15) is 5.76 Å². The molecule has 6 heteroatoms. The Morgan fingerprint density at radius 1 is 1.26 bits per heavy atom. The van der Waals surface area contributed by atoms with Crippen LogP contribution in [0.5, 0.6) is 0 Å². The van der Waals surface area contributed by atoms with Crippen molar-refractivity contribution in [2.75, 3.05) is 19.8 Å². The minimum absolute atomic E-state index is 0. The summed E-state index contributed by atoms with van der Waals surface area (Å²) in [7, 11) is 1.78. The van der Waals surface area contributed by atoms with Gasteiger partial charge >= 0.3 is 0 Å². The number of hydrogen-bond acceptors (Lipinski definition) is 3. The summed E-state index contributed by atoms with van der Waals surface area (Å²) in [5.74, 6) is 1.78. The molecule has 23 heavy (non-hydrogen) atoms. The summed E-state index contributed by atoms with van der Waals surface area (Å²) in [6, 6.07) is 10.4. The number of aryl methyl sites for hydroxylation is 1. The quantitative estimate of drug-likeness (QED) is 0.307. The Hall–Kier alpha value is -1.15. The summed E-state index contributed by atoms with van der Waals surface area (Å²) < 4.78 is 5.32. The zero-order valence-corrected chi connectivity index (χ0v) is 16.9. The first-order chi connectivity index (χ1) is 10.7. The number of halogens is 1. The molecule has 0 fully saturated rings. The number of nitrogens with one attached hydrogen (secondary N) is 2. The van der Waals surface area contributed by atoms with Crippen molar-refractivity contribution in [3.63, 3.8) is 0 Å². The van der Waals surface area contributed by atoms with Crippen LogP contribution in [-0.2, 0) is 13.0 Å².